The molecule has 2 N–H and O–H groups in total. The van der Waals surface area contributed by atoms with Crippen molar-refractivity contribution in [2.75, 3.05) is 6.54 Å². The highest BCUT2D eigenvalue weighted by Gasteiger charge is 2.18. The Hall–Kier alpha value is -1.32. The molecule has 0 saturated carbocycles. The number of benzene rings is 1. The van der Waals surface area contributed by atoms with E-state index in [1.54, 1.807) is 24.3 Å². The zero-order chi connectivity index (χ0) is 14.4. The minimum atomic E-state index is -0.857. The van der Waals surface area contributed by atoms with Gasteiger partial charge in [0, 0.05) is 5.02 Å². The molecular formula is C16H20ClNO2. The maximum absolute atomic E-state index is 11.4. The molecule has 20 heavy (non-hydrogen) atoms. The van der Waals surface area contributed by atoms with Crippen molar-refractivity contribution in [1.82, 2.24) is 5.32 Å². The number of nitrogens with one attached hydrogen (secondary N) is 1. The Bertz CT molecular complexity index is 482. The lowest BCUT2D eigenvalue weighted by atomic mass is 9.97. The van der Waals surface area contributed by atoms with Crippen molar-refractivity contribution in [3.8, 4) is 0 Å². The Morgan fingerprint density at radius 1 is 1.30 bits per heavy atom. The minimum Gasteiger partial charge on any atom is -0.480 e. The smallest absolute Gasteiger partial charge is 0.325 e. The van der Waals surface area contributed by atoms with E-state index in [-0.39, 0.29) is 0 Å². The van der Waals surface area contributed by atoms with E-state index in [1.165, 1.54) is 18.4 Å². The molecule has 0 saturated heterocycles. The molecule has 1 aromatic rings. The fourth-order valence-corrected chi connectivity index (χ4v) is 2.64. The van der Waals surface area contributed by atoms with Crippen LogP contribution in [0.25, 0.3) is 0 Å². The van der Waals surface area contributed by atoms with Gasteiger partial charge in [-0.05, 0) is 56.3 Å². The SMILES string of the molecule is O=C(O)C(NCCC1=CCCCC1)c1ccc(Cl)cc1. The first kappa shape index (κ1) is 15.1. The number of carboxylic acids is 1. The monoisotopic (exact) mass is 293 g/mol. The summed E-state index contributed by atoms with van der Waals surface area (Å²) in [7, 11) is 0. The van der Waals surface area contributed by atoms with Crippen molar-refractivity contribution in [2.24, 2.45) is 0 Å². The van der Waals surface area contributed by atoms with Gasteiger partial charge in [-0.25, -0.2) is 0 Å². The van der Waals surface area contributed by atoms with Crippen molar-refractivity contribution in [2.45, 2.75) is 38.1 Å². The first-order chi connectivity index (χ1) is 9.66. The number of allylic oxidation sites excluding steroid dienone is 1. The quantitative estimate of drug-likeness (QED) is 0.781. The van der Waals surface area contributed by atoms with Crippen LogP contribution in [0.3, 0.4) is 0 Å². The summed E-state index contributed by atoms with van der Waals surface area (Å²) in [5.74, 6) is -0.857. The second-order valence-corrected chi connectivity index (χ2v) is 5.57. The zero-order valence-electron chi connectivity index (χ0n) is 11.4. The normalized spacial score (nSPS) is 16.6. The highest BCUT2D eigenvalue weighted by atomic mass is 35.5. The Kier molecular flexibility index (Phi) is 5.62. The largest absolute Gasteiger partial charge is 0.480 e. The average Bonchev–Trinajstić information content (AvgIpc) is 2.46. The fraction of sp³-hybridized carbons (Fsp3) is 0.438. The average molecular weight is 294 g/mol. The third-order valence-corrected chi connectivity index (χ3v) is 3.88. The molecule has 4 heteroatoms. The van der Waals surface area contributed by atoms with Crippen LogP contribution in [0.15, 0.2) is 35.9 Å². The molecule has 0 spiro atoms. The summed E-state index contributed by atoms with van der Waals surface area (Å²) < 4.78 is 0. The van der Waals surface area contributed by atoms with Crippen LogP contribution in [0, 0.1) is 0 Å². The lowest BCUT2D eigenvalue weighted by Gasteiger charge is -2.17. The predicted molar refractivity (Wildman–Crippen MR) is 81.0 cm³/mol. The van der Waals surface area contributed by atoms with Crippen LogP contribution in [0.1, 0.15) is 43.7 Å². The molecule has 0 fully saturated rings. The Morgan fingerprint density at radius 2 is 2.05 bits per heavy atom. The second-order valence-electron chi connectivity index (χ2n) is 5.14. The molecule has 108 valence electrons. The topological polar surface area (TPSA) is 49.3 Å². The molecule has 0 bridgehead atoms. The fourth-order valence-electron chi connectivity index (χ4n) is 2.51. The summed E-state index contributed by atoms with van der Waals surface area (Å²) in [5, 5.41) is 13.1. The maximum Gasteiger partial charge on any atom is 0.325 e. The molecule has 0 aliphatic heterocycles. The van der Waals surface area contributed by atoms with Crippen LogP contribution >= 0.6 is 11.6 Å². The van der Waals surface area contributed by atoms with E-state index < -0.39 is 12.0 Å². The third-order valence-electron chi connectivity index (χ3n) is 3.63. The maximum atomic E-state index is 11.4. The van der Waals surface area contributed by atoms with E-state index in [4.69, 9.17) is 11.6 Å². The first-order valence-corrected chi connectivity index (χ1v) is 7.44. The molecule has 0 heterocycles. The van der Waals surface area contributed by atoms with Gasteiger partial charge in [0.2, 0.25) is 0 Å². The van der Waals surface area contributed by atoms with E-state index in [1.807, 2.05) is 0 Å². The Morgan fingerprint density at radius 3 is 2.65 bits per heavy atom. The first-order valence-electron chi connectivity index (χ1n) is 7.06. The molecule has 0 radical (unpaired) electrons. The standard InChI is InChI=1S/C16H20ClNO2/c17-14-8-6-13(7-9-14)15(16(19)20)18-11-10-12-4-2-1-3-5-12/h4,6-9,15,18H,1-3,5,10-11H2,(H,19,20). The Labute approximate surface area is 124 Å². The van der Waals surface area contributed by atoms with Gasteiger partial charge in [0.25, 0.3) is 0 Å². The predicted octanol–water partition coefficient (Wildman–Crippen LogP) is 3.95. The van der Waals surface area contributed by atoms with Crippen molar-refractivity contribution < 1.29 is 9.90 Å². The summed E-state index contributed by atoms with van der Waals surface area (Å²) in [6, 6.07) is 6.29. The van der Waals surface area contributed by atoms with Gasteiger partial charge >= 0.3 is 5.97 Å². The van der Waals surface area contributed by atoms with Crippen molar-refractivity contribution in [3.63, 3.8) is 0 Å². The zero-order valence-corrected chi connectivity index (χ0v) is 12.2. The van der Waals surface area contributed by atoms with Crippen LogP contribution in [-0.2, 0) is 4.79 Å². The van der Waals surface area contributed by atoms with Gasteiger partial charge < -0.3 is 10.4 Å². The molecule has 1 aromatic carbocycles. The number of aliphatic carboxylic acids is 1. The molecule has 3 nitrogen and oxygen atoms in total. The molecule has 1 aliphatic carbocycles. The highest BCUT2D eigenvalue weighted by molar-refractivity contribution is 6.30. The van der Waals surface area contributed by atoms with Gasteiger partial charge in [0.05, 0.1) is 0 Å². The number of carboxylic acid groups (broad SMARTS) is 1. The van der Waals surface area contributed by atoms with Gasteiger partial charge in [-0.3, -0.25) is 4.79 Å². The molecule has 1 aliphatic rings. The number of carbonyl (C=O) groups is 1. The molecule has 0 aromatic heterocycles. The van der Waals surface area contributed by atoms with E-state index >= 15 is 0 Å². The second kappa shape index (κ2) is 7.46. The van der Waals surface area contributed by atoms with Crippen molar-refractivity contribution in [1.29, 1.82) is 0 Å². The van der Waals surface area contributed by atoms with Gasteiger partial charge in [-0.2, -0.15) is 0 Å². The van der Waals surface area contributed by atoms with Crippen LogP contribution in [0.5, 0.6) is 0 Å². The van der Waals surface area contributed by atoms with E-state index in [9.17, 15) is 9.90 Å². The molecule has 0 amide bonds. The molecule has 1 unspecified atom stereocenters. The van der Waals surface area contributed by atoms with Gasteiger partial charge in [-0.1, -0.05) is 35.4 Å². The van der Waals surface area contributed by atoms with Crippen LogP contribution in [0.4, 0.5) is 0 Å². The number of hydrogen-bond donors (Lipinski definition) is 2. The van der Waals surface area contributed by atoms with Gasteiger partial charge in [-0.15, -0.1) is 0 Å². The summed E-state index contributed by atoms with van der Waals surface area (Å²) in [5.41, 5.74) is 2.18. The van der Waals surface area contributed by atoms with Crippen LogP contribution in [-0.4, -0.2) is 17.6 Å². The number of hydrogen-bond acceptors (Lipinski definition) is 2. The molecule has 1 atom stereocenters. The summed E-state index contributed by atoms with van der Waals surface area (Å²) >= 11 is 5.83. The number of halogens is 1. The minimum absolute atomic E-state index is 0.616. The third kappa shape index (κ3) is 4.36. The van der Waals surface area contributed by atoms with Crippen LogP contribution in [0.2, 0.25) is 5.02 Å². The summed E-state index contributed by atoms with van der Waals surface area (Å²) in [6.45, 7) is 0.686. The van der Waals surface area contributed by atoms with E-state index in [2.05, 4.69) is 11.4 Å². The highest BCUT2D eigenvalue weighted by Crippen LogP contribution is 2.21. The van der Waals surface area contributed by atoms with Gasteiger partial charge in [0.1, 0.15) is 6.04 Å². The van der Waals surface area contributed by atoms with E-state index in [0.29, 0.717) is 11.6 Å². The molecule has 2 rings (SSSR count). The molecular weight excluding hydrogens is 274 g/mol. The summed E-state index contributed by atoms with van der Waals surface area (Å²) in [4.78, 5) is 11.4. The summed E-state index contributed by atoms with van der Waals surface area (Å²) in [6.07, 6.45) is 8.07. The number of rotatable bonds is 6. The van der Waals surface area contributed by atoms with Crippen LogP contribution < -0.4 is 5.32 Å². The lowest BCUT2D eigenvalue weighted by Crippen LogP contribution is -2.29. The lowest BCUT2D eigenvalue weighted by molar-refractivity contribution is -0.139. The van der Waals surface area contributed by atoms with E-state index in [0.717, 1.165) is 24.8 Å². The van der Waals surface area contributed by atoms with Crippen molar-refractivity contribution in [3.05, 3.63) is 46.5 Å². The van der Waals surface area contributed by atoms with Gasteiger partial charge in [0.15, 0.2) is 0 Å². The van der Waals surface area contributed by atoms with Crippen molar-refractivity contribution >= 4 is 17.6 Å². The Balaban J connectivity index is 1.91.